The molecule has 2 saturated heterocycles. The van der Waals surface area contributed by atoms with E-state index in [2.05, 4.69) is 10.6 Å². The summed E-state index contributed by atoms with van der Waals surface area (Å²) in [4.78, 5) is 53.8. The zero-order valence-corrected chi connectivity index (χ0v) is 21.0. The highest BCUT2D eigenvalue weighted by molar-refractivity contribution is 6.24. The fourth-order valence-electron chi connectivity index (χ4n) is 6.28. The van der Waals surface area contributed by atoms with E-state index in [9.17, 15) is 19.2 Å². The Bertz CT molecular complexity index is 903. The first-order chi connectivity index (χ1) is 17.5. The van der Waals surface area contributed by atoms with Crippen molar-refractivity contribution in [3.63, 3.8) is 0 Å². The molecule has 2 atom stereocenters. The van der Waals surface area contributed by atoms with E-state index >= 15 is 0 Å². The molecule has 8 nitrogen and oxygen atoms in total. The third kappa shape index (κ3) is 5.39. The summed E-state index contributed by atoms with van der Waals surface area (Å²) < 4.78 is 0. The number of rotatable bonds is 8. The summed E-state index contributed by atoms with van der Waals surface area (Å²) in [7, 11) is 0. The minimum absolute atomic E-state index is 0.157. The average Bonchev–Trinajstić information content (AvgIpc) is 3.35. The van der Waals surface area contributed by atoms with Gasteiger partial charge < -0.3 is 10.6 Å². The van der Waals surface area contributed by atoms with Gasteiger partial charge in [0.25, 0.3) is 11.8 Å². The lowest BCUT2D eigenvalue weighted by Crippen LogP contribution is -2.41. The summed E-state index contributed by atoms with van der Waals surface area (Å²) in [5, 5.41) is 6.65. The van der Waals surface area contributed by atoms with E-state index in [1.165, 1.54) is 74.0 Å². The SMILES string of the molecule is O=C1CC(NCC2CCCCC2)C(=O)N1c1ccc(N2C(=O)CC(NCC3CCCCC3)C2=O)cc1. The molecule has 4 aliphatic rings. The number of nitrogens with zero attached hydrogens (tertiary/aromatic N) is 2. The molecule has 0 bridgehead atoms. The van der Waals surface area contributed by atoms with Gasteiger partial charge in [-0.1, -0.05) is 38.5 Å². The molecule has 2 saturated carbocycles. The lowest BCUT2D eigenvalue weighted by molar-refractivity contribution is -0.123. The fourth-order valence-corrected chi connectivity index (χ4v) is 6.28. The van der Waals surface area contributed by atoms with Crippen molar-refractivity contribution < 1.29 is 19.2 Å². The minimum atomic E-state index is -0.489. The molecular weight excluding hydrogens is 456 g/mol. The number of hydrogen-bond donors (Lipinski definition) is 2. The van der Waals surface area contributed by atoms with Crippen LogP contribution in [0.4, 0.5) is 11.4 Å². The summed E-state index contributed by atoms with van der Waals surface area (Å²) in [6, 6.07) is 5.63. The van der Waals surface area contributed by atoms with Gasteiger partial charge in [-0.2, -0.15) is 0 Å². The number of imide groups is 2. The molecular formula is C28H38N4O4. The zero-order valence-electron chi connectivity index (χ0n) is 21.0. The molecule has 2 heterocycles. The summed E-state index contributed by atoms with van der Waals surface area (Å²) in [6.45, 7) is 1.54. The largest absolute Gasteiger partial charge is 0.305 e. The maximum absolute atomic E-state index is 13.0. The van der Waals surface area contributed by atoms with E-state index in [-0.39, 0.29) is 36.5 Å². The molecule has 2 aliphatic heterocycles. The van der Waals surface area contributed by atoms with E-state index in [0.29, 0.717) is 23.2 Å². The first-order valence-corrected chi connectivity index (χ1v) is 13.8. The molecule has 0 aromatic heterocycles. The van der Waals surface area contributed by atoms with Crippen molar-refractivity contribution >= 4 is 35.0 Å². The number of anilines is 2. The molecule has 8 heteroatoms. The molecule has 2 unspecified atom stereocenters. The Balaban J connectivity index is 1.18. The van der Waals surface area contributed by atoms with Gasteiger partial charge in [0.15, 0.2) is 0 Å². The number of carbonyl (C=O) groups is 4. The Kier molecular flexibility index (Phi) is 7.82. The van der Waals surface area contributed by atoms with Crippen LogP contribution in [0.1, 0.15) is 77.0 Å². The van der Waals surface area contributed by atoms with E-state index in [0.717, 1.165) is 13.1 Å². The molecule has 5 rings (SSSR count). The van der Waals surface area contributed by atoms with Crippen molar-refractivity contribution in [1.82, 2.24) is 10.6 Å². The molecule has 0 spiro atoms. The summed E-state index contributed by atoms with van der Waals surface area (Å²) in [5.41, 5.74) is 0.948. The minimum Gasteiger partial charge on any atom is -0.305 e. The molecule has 0 radical (unpaired) electrons. The van der Waals surface area contributed by atoms with E-state index in [1.807, 2.05) is 0 Å². The van der Waals surface area contributed by atoms with E-state index < -0.39 is 12.1 Å². The van der Waals surface area contributed by atoms with Crippen LogP contribution in [0.2, 0.25) is 0 Å². The van der Waals surface area contributed by atoms with Gasteiger partial charge in [-0.05, 0) is 74.9 Å². The van der Waals surface area contributed by atoms with Gasteiger partial charge >= 0.3 is 0 Å². The monoisotopic (exact) mass is 494 g/mol. The maximum Gasteiger partial charge on any atom is 0.251 e. The maximum atomic E-state index is 13.0. The topological polar surface area (TPSA) is 98.8 Å². The van der Waals surface area contributed by atoms with Crippen LogP contribution in [0.5, 0.6) is 0 Å². The van der Waals surface area contributed by atoms with Crippen LogP contribution in [0.15, 0.2) is 24.3 Å². The standard InChI is InChI=1S/C28H38N4O4/c33-25-15-23(29-17-19-7-3-1-4-8-19)27(35)31(25)21-11-13-22(14-12-21)32-26(34)16-24(28(32)36)30-18-20-9-5-2-6-10-20/h11-14,19-20,23-24,29-30H,1-10,15-18H2. The highest BCUT2D eigenvalue weighted by atomic mass is 16.2. The molecule has 1 aromatic carbocycles. The van der Waals surface area contributed by atoms with Crippen molar-refractivity contribution in [3.05, 3.63) is 24.3 Å². The smallest absolute Gasteiger partial charge is 0.251 e. The summed E-state index contributed by atoms with van der Waals surface area (Å²) in [6.07, 6.45) is 12.6. The lowest BCUT2D eigenvalue weighted by atomic mass is 9.89. The van der Waals surface area contributed by atoms with Gasteiger partial charge in [-0.15, -0.1) is 0 Å². The summed E-state index contributed by atoms with van der Waals surface area (Å²) in [5.74, 6) is 0.231. The van der Waals surface area contributed by atoms with Gasteiger partial charge in [-0.25, -0.2) is 9.80 Å². The van der Waals surface area contributed by atoms with Crippen LogP contribution < -0.4 is 20.4 Å². The van der Waals surface area contributed by atoms with Crippen LogP contribution in [-0.2, 0) is 19.2 Å². The molecule has 2 N–H and O–H groups in total. The average molecular weight is 495 g/mol. The quantitative estimate of drug-likeness (QED) is 0.538. The molecule has 194 valence electrons. The third-order valence-corrected chi connectivity index (χ3v) is 8.41. The Morgan fingerprint density at radius 2 is 0.944 bits per heavy atom. The van der Waals surface area contributed by atoms with Crippen molar-refractivity contribution in [1.29, 1.82) is 0 Å². The van der Waals surface area contributed by atoms with Crippen molar-refractivity contribution in [2.24, 2.45) is 11.8 Å². The predicted octanol–water partition coefficient (Wildman–Crippen LogP) is 3.29. The van der Waals surface area contributed by atoms with Gasteiger partial charge in [0.05, 0.1) is 36.3 Å². The highest BCUT2D eigenvalue weighted by Crippen LogP contribution is 2.30. The van der Waals surface area contributed by atoms with Crippen molar-refractivity contribution in [3.8, 4) is 0 Å². The Labute approximate surface area is 213 Å². The second-order valence-corrected chi connectivity index (χ2v) is 11.0. The number of hydrogen-bond acceptors (Lipinski definition) is 6. The van der Waals surface area contributed by atoms with Crippen LogP contribution in [-0.4, -0.2) is 48.8 Å². The van der Waals surface area contributed by atoms with Crippen LogP contribution in [0.3, 0.4) is 0 Å². The second-order valence-electron chi connectivity index (χ2n) is 11.0. The number of amides is 4. The highest BCUT2D eigenvalue weighted by Gasteiger charge is 2.41. The lowest BCUT2D eigenvalue weighted by Gasteiger charge is -2.23. The van der Waals surface area contributed by atoms with Gasteiger partial charge in [0.2, 0.25) is 11.8 Å². The van der Waals surface area contributed by atoms with Crippen LogP contribution in [0.25, 0.3) is 0 Å². The first kappa shape index (κ1) is 25.1. The molecule has 36 heavy (non-hydrogen) atoms. The van der Waals surface area contributed by atoms with E-state index in [4.69, 9.17) is 0 Å². The molecule has 4 fully saturated rings. The van der Waals surface area contributed by atoms with Crippen molar-refractivity contribution in [2.75, 3.05) is 22.9 Å². The molecule has 4 amide bonds. The molecule has 2 aliphatic carbocycles. The number of nitrogens with one attached hydrogen (secondary N) is 2. The summed E-state index contributed by atoms with van der Waals surface area (Å²) >= 11 is 0. The fraction of sp³-hybridized carbons (Fsp3) is 0.643. The van der Waals surface area contributed by atoms with Crippen LogP contribution >= 0.6 is 0 Å². The Morgan fingerprint density at radius 3 is 1.31 bits per heavy atom. The Hall–Kier alpha value is -2.58. The van der Waals surface area contributed by atoms with Gasteiger partial charge in [0, 0.05) is 0 Å². The normalized spacial score (nSPS) is 26.4. The number of benzene rings is 1. The third-order valence-electron chi connectivity index (χ3n) is 8.41. The number of carbonyl (C=O) groups excluding carboxylic acids is 4. The first-order valence-electron chi connectivity index (χ1n) is 13.8. The Morgan fingerprint density at radius 1 is 0.583 bits per heavy atom. The molecule has 1 aromatic rings. The van der Waals surface area contributed by atoms with Crippen molar-refractivity contribution in [2.45, 2.75) is 89.1 Å². The van der Waals surface area contributed by atoms with Gasteiger partial charge in [0.1, 0.15) is 0 Å². The van der Waals surface area contributed by atoms with Crippen LogP contribution in [0, 0.1) is 11.8 Å². The van der Waals surface area contributed by atoms with Gasteiger partial charge in [-0.3, -0.25) is 19.2 Å². The predicted molar refractivity (Wildman–Crippen MR) is 137 cm³/mol. The zero-order chi connectivity index (χ0) is 25.1. The second kappa shape index (κ2) is 11.2. The van der Waals surface area contributed by atoms with E-state index in [1.54, 1.807) is 24.3 Å².